The van der Waals surface area contributed by atoms with Gasteiger partial charge in [0.1, 0.15) is 24.2 Å². The van der Waals surface area contributed by atoms with Gasteiger partial charge in [0.15, 0.2) is 0 Å². The molecule has 32 heavy (non-hydrogen) atoms. The van der Waals surface area contributed by atoms with Crippen LogP contribution < -0.4 is 22.5 Å². The van der Waals surface area contributed by atoms with E-state index in [1.807, 2.05) is 30.3 Å². The summed E-state index contributed by atoms with van der Waals surface area (Å²) in [5.41, 5.74) is 16.0. The summed E-state index contributed by atoms with van der Waals surface area (Å²) in [6.45, 7) is 3.70. The average Bonchev–Trinajstić information content (AvgIpc) is 3.25. The zero-order valence-corrected chi connectivity index (χ0v) is 18.2. The molecule has 1 aromatic carbocycles. The summed E-state index contributed by atoms with van der Waals surface area (Å²) in [5, 5.41) is 35.5. The highest BCUT2D eigenvalue weighted by Gasteiger charge is 2.20. The summed E-state index contributed by atoms with van der Waals surface area (Å²) in [4.78, 5) is 39.7. The number of hydrogen-bond acceptors (Lipinski definition) is 8. The Bertz CT molecular complexity index is 674. The number of nitrogens with one attached hydrogen (secondary N) is 1. The lowest BCUT2D eigenvalue weighted by molar-refractivity contribution is -0.139. The molecule has 0 bridgehead atoms. The van der Waals surface area contributed by atoms with Crippen LogP contribution in [0.5, 0.6) is 0 Å². The van der Waals surface area contributed by atoms with Crippen molar-refractivity contribution in [2.45, 2.75) is 57.3 Å². The molecule has 0 spiro atoms. The number of nitrogens with two attached hydrogens (primary N) is 3. The zero-order chi connectivity index (χ0) is 25.3. The molecule has 0 amide bonds. The molecule has 12 heteroatoms. The van der Waals surface area contributed by atoms with E-state index in [1.54, 1.807) is 0 Å². The molecule has 12 nitrogen and oxygen atoms in total. The summed E-state index contributed by atoms with van der Waals surface area (Å²) in [6, 6.07) is 6.81. The molecule has 1 aliphatic rings. The number of hydrogen-bond donors (Lipinski definition) is 8. The predicted octanol–water partition coefficient (Wildman–Crippen LogP) is -0.700. The summed E-state index contributed by atoms with van der Waals surface area (Å²) in [6.07, 6.45) is 2.17. The van der Waals surface area contributed by atoms with Gasteiger partial charge in [-0.3, -0.25) is 19.2 Å². The standard InChI is InChI=1S/C9H11NO2.C5H9NO2.2C3H7NO2/c10-8(9(11)12)6-7-4-2-1-3-5-7;7-5(8)4-2-1-3-6-4;2*1-2(4)3(5)6/h1-5,8H,6,10H2,(H,11,12);4,6H,1-3H2,(H,7,8);2*2H,4H2,1H3,(H,5,6)/t8-;4-;2*2-/m0000/s1. The fourth-order valence-corrected chi connectivity index (χ4v) is 1.85. The summed E-state index contributed by atoms with van der Waals surface area (Å²) < 4.78 is 0. The normalized spacial score (nSPS) is 16.8. The second-order valence-electron chi connectivity index (χ2n) is 6.88. The lowest BCUT2D eigenvalue weighted by Crippen LogP contribution is -2.32. The van der Waals surface area contributed by atoms with Crippen molar-refractivity contribution in [3.8, 4) is 0 Å². The summed E-state index contributed by atoms with van der Waals surface area (Å²) in [7, 11) is 0. The molecule has 11 N–H and O–H groups in total. The van der Waals surface area contributed by atoms with Crippen molar-refractivity contribution in [3.63, 3.8) is 0 Å². The maximum Gasteiger partial charge on any atom is 0.320 e. The molecule has 0 aliphatic carbocycles. The Morgan fingerprint density at radius 2 is 1.34 bits per heavy atom. The summed E-state index contributed by atoms with van der Waals surface area (Å²) >= 11 is 0. The highest BCUT2D eigenvalue weighted by Crippen LogP contribution is 2.03. The first-order chi connectivity index (χ1) is 14.8. The minimum absolute atomic E-state index is 0.269. The monoisotopic (exact) mass is 458 g/mol. The number of benzene rings is 1. The Morgan fingerprint density at radius 3 is 1.59 bits per heavy atom. The smallest absolute Gasteiger partial charge is 0.320 e. The van der Waals surface area contributed by atoms with Crippen molar-refractivity contribution in [2.24, 2.45) is 17.2 Å². The number of carboxylic acid groups (broad SMARTS) is 4. The molecule has 1 aromatic rings. The Balaban J connectivity index is 0. The van der Waals surface area contributed by atoms with E-state index in [9.17, 15) is 19.2 Å². The van der Waals surface area contributed by atoms with E-state index in [0.717, 1.165) is 24.9 Å². The quantitative estimate of drug-likeness (QED) is 0.264. The fraction of sp³-hybridized carbons (Fsp3) is 0.500. The Labute approximate surface area is 186 Å². The molecule has 1 aliphatic heterocycles. The van der Waals surface area contributed by atoms with Gasteiger partial charge in [0.25, 0.3) is 0 Å². The van der Waals surface area contributed by atoms with Crippen molar-refractivity contribution in [1.29, 1.82) is 0 Å². The van der Waals surface area contributed by atoms with Crippen molar-refractivity contribution in [3.05, 3.63) is 35.9 Å². The largest absolute Gasteiger partial charge is 0.480 e. The first-order valence-corrected chi connectivity index (χ1v) is 9.74. The van der Waals surface area contributed by atoms with Gasteiger partial charge in [-0.15, -0.1) is 0 Å². The van der Waals surface area contributed by atoms with Crippen molar-refractivity contribution >= 4 is 23.9 Å². The third-order valence-electron chi connectivity index (χ3n) is 3.75. The maximum atomic E-state index is 10.4. The van der Waals surface area contributed by atoms with E-state index < -0.39 is 42.0 Å². The molecule has 1 heterocycles. The van der Waals surface area contributed by atoms with Crippen molar-refractivity contribution < 1.29 is 39.6 Å². The van der Waals surface area contributed by atoms with Crippen LogP contribution in [-0.2, 0) is 25.6 Å². The van der Waals surface area contributed by atoms with Gasteiger partial charge in [-0.2, -0.15) is 0 Å². The van der Waals surface area contributed by atoms with Crippen LogP contribution >= 0.6 is 0 Å². The lowest BCUT2D eigenvalue weighted by atomic mass is 10.1. The zero-order valence-electron chi connectivity index (χ0n) is 18.2. The van der Waals surface area contributed by atoms with Crippen LogP contribution in [0.15, 0.2) is 30.3 Å². The van der Waals surface area contributed by atoms with E-state index >= 15 is 0 Å². The van der Waals surface area contributed by atoms with Crippen LogP contribution in [-0.4, -0.2) is 75.0 Å². The number of carboxylic acids is 4. The minimum atomic E-state index is -0.963. The molecule has 0 saturated carbocycles. The third kappa shape index (κ3) is 17.8. The van der Waals surface area contributed by atoms with Crippen LogP contribution in [0.3, 0.4) is 0 Å². The highest BCUT2D eigenvalue weighted by molar-refractivity contribution is 5.74. The molecular formula is C20H34N4O8. The second-order valence-corrected chi connectivity index (χ2v) is 6.88. The second kappa shape index (κ2) is 17.6. The molecule has 0 radical (unpaired) electrons. The maximum absolute atomic E-state index is 10.4. The fourth-order valence-electron chi connectivity index (χ4n) is 1.85. The van der Waals surface area contributed by atoms with Crippen LogP contribution in [0.2, 0.25) is 0 Å². The van der Waals surface area contributed by atoms with E-state index in [2.05, 4.69) is 5.32 Å². The molecular weight excluding hydrogens is 424 g/mol. The van der Waals surface area contributed by atoms with Gasteiger partial charge in [0.05, 0.1) is 0 Å². The van der Waals surface area contributed by atoms with Crippen LogP contribution in [0.1, 0.15) is 32.3 Å². The lowest BCUT2D eigenvalue weighted by Gasteiger charge is -2.04. The minimum Gasteiger partial charge on any atom is -0.480 e. The number of rotatable bonds is 6. The van der Waals surface area contributed by atoms with Crippen LogP contribution in [0.25, 0.3) is 0 Å². The predicted molar refractivity (Wildman–Crippen MR) is 117 cm³/mol. The molecule has 4 atom stereocenters. The van der Waals surface area contributed by atoms with Crippen molar-refractivity contribution in [2.75, 3.05) is 6.54 Å². The van der Waals surface area contributed by atoms with E-state index in [1.165, 1.54) is 13.8 Å². The molecule has 2 rings (SSSR count). The van der Waals surface area contributed by atoms with Crippen LogP contribution in [0.4, 0.5) is 0 Å². The highest BCUT2D eigenvalue weighted by atomic mass is 16.4. The molecule has 1 saturated heterocycles. The van der Waals surface area contributed by atoms with E-state index in [4.69, 9.17) is 37.6 Å². The van der Waals surface area contributed by atoms with Gasteiger partial charge in [-0.1, -0.05) is 30.3 Å². The van der Waals surface area contributed by atoms with E-state index in [-0.39, 0.29) is 6.04 Å². The SMILES string of the molecule is C[C@H](N)C(=O)O.C[C@H](N)C(=O)O.N[C@@H](Cc1ccccc1)C(=O)O.O=C(O)[C@@H]1CCCN1. The van der Waals surface area contributed by atoms with Gasteiger partial charge >= 0.3 is 23.9 Å². The molecule has 0 aromatic heterocycles. The van der Waals surface area contributed by atoms with Gasteiger partial charge < -0.3 is 42.9 Å². The third-order valence-corrected chi connectivity index (χ3v) is 3.75. The van der Waals surface area contributed by atoms with E-state index in [0.29, 0.717) is 6.42 Å². The Kier molecular flexibility index (Phi) is 17.1. The van der Waals surface area contributed by atoms with Gasteiger partial charge in [-0.05, 0) is 45.2 Å². The number of aliphatic carboxylic acids is 4. The van der Waals surface area contributed by atoms with Gasteiger partial charge in [0, 0.05) is 0 Å². The average molecular weight is 459 g/mol. The van der Waals surface area contributed by atoms with Crippen LogP contribution in [0, 0.1) is 0 Å². The first kappa shape index (κ1) is 31.1. The van der Waals surface area contributed by atoms with Crippen molar-refractivity contribution in [1.82, 2.24) is 5.32 Å². The summed E-state index contributed by atoms with van der Waals surface area (Å²) in [5.74, 6) is -3.61. The Hall–Kier alpha value is -3.06. The molecule has 1 fully saturated rings. The molecule has 0 unspecified atom stereocenters. The van der Waals surface area contributed by atoms with Gasteiger partial charge in [-0.25, -0.2) is 0 Å². The Morgan fingerprint density at radius 1 is 0.906 bits per heavy atom. The topological polar surface area (TPSA) is 239 Å². The number of carbonyl (C=O) groups is 4. The van der Waals surface area contributed by atoms with Gasteiger partial charge in [0.2, 0.25) is 0 Å². The molecule has 182 valence electrons. The first-order valence-electron chi connectivity index (χ1n) is 9.74.